The zero-order chi connectivity index (χ0) is 13.9. The van der Waals surface area contributed by atoms with Crippen LogP contribution in [0.25, 0.3) is 10.8 Å². The number of ether oxygens (including phenoxy) is 1. The molecule has 0 saturated carbocycles. The zero-order valence-corrected chi connectivity index (χ0v) is 11.9. The maximum Gasteiger partial charge on any atom is 0.123 e. The lowest BCUT2D eigenvalue weighted by Gasteiger charge is -2.31. The molecule has 0 aromatic heterocycles. The standard InChI is InChI=1S/C19H17NO/c1-2-6-14-10-18-16(9-13(14)5-1)19(12-21-18)11-20-17-8-4-3-7-15(17)19/h1-6,9-10,15H,7-8,11-12H2. The summed E-state index contributed by atoms with van der Waals surface area (Å²) in [5.41, 5.74) is 2.83. The molecule has 0 N–H and O–H groups in total. The lowest BCUT2D eigenvalue weighted by molar-refractivity contribution is 0.244. The summed E-state index contributed by atoms with van der Waals surface area (Å²) < 4.78 is 6.10. The van der Waals surface area contributed by atoms with Crippen LogP contribution in [0.3, 0.4) is 0 Å². The largest absolute Gasteiger partial charge is 0.492 e. The topological polar surface area (TPSA) is 21.6 Å². The van der Waals surface area contributed by atoms with Crippen LogP contribution in [0.15, 0.2) is 53.5 Å². The van der Waals surface area contributed by atoms with Crippen molar-refractivity contribution in [3.8, 4) is 5.75 Å². The van der Waals surface area contributed by atoms with Gasteiger partial charge >= 0.3 is 0 Å². The van der Waals surface area contributed by atoms with Gasteiger partial charge in [-0.15, -0.1) is 0 Å². The molecule has 2 heterocycles. The lowest BCUT2D eigenvalue weighted by Crippen LogP contribution is -2.39. The second kappa shape index (κ2) is 3.97. The van der Waals surface area contributed by atoms with E-state index in [0.717, 1.165) is 31.7 Å². The van der Waals surface area contributed by atoms with Crippen molar-refractivity contribution in [3.05, 3.63) is 54.1 Å². The highest BCUT2D eigenvalue weighted by atomic mass is 16.5. The van der Waals surface area contributed by atoms with Gasteiger partial charge in [-0.3, -0.25) is 4.99 Å². The SMILES string of the molecule is C1=CCC2C(=NCC23COc2cc4ccccc4cc23)C1. The normalized spacial score (nSPS) is 29.3. The monoisotopic (exact) mass is 275 g/mol. The Bertz CT molecular complexity index is 804. The van der Waals surface area contributed by atoms with E-state index in [1.54, 1.807) is 0 Å². The van der Waals surface area contributed by atoms with Gasteiger partial charge in [0.25, 0.3) is 0 Å². The van der Waals surface area contributed by atoms with Gasteiger partial charge in [-0.1, -0.05) is 36.4 Å². The van der Waals surface area contributed by atoms with Gasteiger partial charge in [0, 0.05) is 23.6 Å². The molecule has 0 fully saturated rings. The van der Waals surface area contributed by atoms with Crippen molar-refractivity contribution in [1.82, 2.24) is 0 Å². The van der Waals surface area contributed by atoms with Gasteiger partial charge < -0.3 is 4.74 Å². The zero-order valence-electron chi connectivity index (χ0n) is 11.9. The van der Waals surface area contributed by atoms with Gasteiger partial charge in [0.1, 0.15) is 12.4 Å². The van der Waals surface area contributed by atoms with Gasteiger partial charge in [0.15, 0.2) is 0 Å². The number of hydrogen-bond acceptors (Lipinski definition) is 2. The van der Waals surface area contributed by atoms with E-state index in [-0.39, 0.29) is 5.41 Å². The van der Waals surface area contributed by atoms with Gasteiger partial charge in [-0.2, -0.15) is 0 Å². The van der Waals surface area contributed by atoms with E-state index in [4.69, 9.17) is 9.73 Å². The highest BCUT2D eigenvalue weighted by molar-refractivity contribution is 5.94. The van der Waals surface area contributed by atoms with Crippen LogP contribution in [-0.4, -0.2) is 18.9 Å². The molecule has 2 aromatic rings. The van der Waals surface area contributed by atoms with E-state index >= 15 is 0 Å². The number of hydrogen-bond donors (Lipinski definition) is 0. The minimum atomic E-state index is 0.0828. The minimum Gasteiger partial charge on any atom is -0.492 e. The summed E-state index contributed by atoms with van der Waals surface area (Å²) >= 11 is 0. The van der Waals surface area contributed by atoms with Crippen LogP contribution >= 0.6 is 0 Å². The molecule has 1 aliphatic carbocycles. The summed E-state index contributed by atoms with van der Waals surface area (Å²) in [5.74, 6) is 1.60. The Balaban J connectivity index is 1.70. The van der Waals surface area contributed by atoms with Crippen LogP contribution in [0.1, 0.15) is 18.4 Å². The molecule has 2 aliphatic heterocycles. The quantitative estimate of drug-likeness (QED) is 0.668. The van der Waals surface area contributed by atoms with Gasteiger partial charge in [-0.25, -0.2) is 0 Å². The first-order valence-electron chi connectivity index (χ1n) is 7.71. The molecule has 0 amide bonds. The van der Waals surface area contributed by atoms with Crippen molar-refractivity contribution in [2.75, 3.05) is 13.2 Å². The molecule has 0 bridgehead atoms. The van der Waals surface area contributed by atoms with Crippen molar-refractivity contribution in [1.29, 1.82) is 0 Å². The molecule has 5 rings (SSSR count). The maximum absolute atomic E-state index is 6.10. The molecule has 2 atom stereocenters. The third-order valence-electron chi connectivity index (χ3n) is 5.37. The predicted molar refractivity (Wildman–Crippen MR) is 85.3 cm³/mol. The molecule has 2 aromatic carbocycles. The van der Waals surface area contributed by atoms with Crippen molar-refractivity contribution in [2.24, 2.45) is 10.9 Å². The fraction of sp³-hybridized carbons (Fsp3) is 0.316. The highest BCUT2D eigenvalue weighted by Gasteiger charge is 2.51. The fourth-order valence-corrected chi connectivity index (χ4v) is 4.22. The first kappa shape index (κ1) is 11.6. The third-order valence-corrected chi connectivity index (χ3v) is 5.37. The van der Waals surface area contributed by atoms with Crippen LogP contribution in [-0.2, 0) is 5.41 Å². The Labute approximate surface area is 124 Å². The van der Waals surface area contributed by atoms with Crippen LogP contribution in [0.4, 0.5) is 0 Å². The summed E-state index contributed by atoms with van der Waals surface area (Å²) in [6.07, 6.45) is 6.70. The van der Waals surface area contributed by atoms with E-state index in [0.29, 0.717) is 5.92 Å². The first-order valence-corrected chi connectivity index (χ1v) is 7.71. The molecule has 2 nitrogen and oxygen atoms in total. The van der Waals surface area contributed by atoms with Gasteiger partial charge in [-0.05, 0) is 29.3 Å². The molecule has 104 valence electrons. The number of benzene rings is 2. The number of fused-ring (bicyclic) bond motifs is 5. The smallest absolute Gasteiger partial charge is 0.123 e. The Morgan fingerprint density at radius 3 is 2.86 bits per heavy atom. The van der Waals surface area contributed by atoms with E-state index in [1.165, 1.54) is 22.0 Å². The molecule has 1 spiro atoms. The molecule has 2 unspecified atom stereocenters. The molecule has 0 saturated heterocycles. The number of nitrogens with zero attached hydrogens (tertiary/aromatic N) is 1. The van der Waals surface area contributed by atoms with Crippen LogP contribution in [0.5, 0.6) is 5.75 Å². The van der Waals surface area contributed by atoms with E-state index in [1.807, 2.05) is 0 Å². The third kappa shape index (κ3) is 1.45. The van der Waals surface area contributed by atoms with Crippen LogP contribution < -0.4 is 4.74 Å². The lowest BCUT2D eigenvalue weighted by atomic mass is 9.68. The van der Waals surface area contributed by atoms with Crippen molar-refractivity contribution in [2.45, 2.75) is 18.3 Å². The highest BCUT2D eigenvalue weighted by Crippen LogP contribution is 2.50. The summed E-state index contributed by atoms with van der Waals surface area (Å²) in [7, 11) is 0. The first-order chi connectivity index (χ1) is 10.4. The Kier molecular flexibility index (Phi) is 2.19. The summed E-state index contributed by atoms with van der Waals surface area (Å²) in [6.45, 7) is 1.67. The number of rotatable bonds is 0. The number of aliphatic imine (C=N–C) groups is 1. The van der Waals surface area contributed by atoms with E-state index < -0.39 is 0 Å². The van der Waals surface area contributed by atoms with Crippen molar-refractivity contribution >= 4 is 16.5 Å². The van der Waals surface area contributed by atoms with Crippen molar-refractivity contribution < 1.29 is 4.74 Å². The van der Waals surface area contributed by atoms with E-state index in [2.05, 4.69) is 48.6 Å². The molecule has 21 heavy (non-hydrogen) atoms. The molecular formula is C19H17NO. The summed E-state index contributed by atoms with van der Waals surface area (Å²) in [5, 5.41) is 2.57. The van der Waals surface area contributed by atoms with E-state index in [9.17, 15) is 0 Å². The second-order valence-electron chi connectivity index (χ2n) is 6.41. The predicted octanol–water partition coefficient (Wildman–Crippen LogP) is 3.89. The number of allylic oxidation sites excluding steroid dienone is 2. The molecular weight excluding hydrogens is 258 g/mol. The molecule has 0 radical (unpaired) electrons. The van der Waals surface area contributed by atoms with Gasteiger partial charge in [0.05, 0.1) is 12.0 Å². The molecule has 2 heteroatoms. The Morgan fingerprint density at radius 2 is 1.95 bits per heavy atom. The summed E-state index contributed by atoms with van der Waals surface area (Å²) in [6, 6.07) is 13.1. The van der Waals surface area contributed by atoms with Crippen LogP contribution in [0.2, 0.25) is 0 Å². The van der Waals surface area contributed by atoms with Gasteiger partial charge in [0.2, 0.25) is 0 Å². The Hall–Kier alpha value is -2.09. The minimum absolute atomic E-state index is 0.0828. The van der Waals surface area contributed by atoms with Crippen molar-refractivity contribution in [3.63, 3.8) is 0 Å². The average Bonchev–Trinajstić information content (AvgIpc) is 3.09. The average molecular weight is 275 g/mol. The molecule has 3 aliphatic rings. The summed E-state index contributed by atoms with van der Waals surface area (Å²) in [4.78, 5) is 4.86. The Morgan fingerprint density at radius 1 is 1.10 bits per heavy atom. The van der Waals surface area contributed by atoms with Crippen LogP contribution in [0, 0.1) is 5.92 Å². The fourth-order valence-electron chi connectivity index (χ4n) is 4.22. The maximum atomic E-state index is 6.10. The second-order valence-corrected chi connectivity index (χ2v) is 6.41.